The lowest BCUT2D eigenvalue weighted by molar-refractivity contribution is -0.122. The van der Waals surface area contributed by atoms with Crippen LogP contribution in [0.4, 0.5) is 5.69 Å². The highest BCUT2D eigenvalue weighted by Crippen LogP contribution is 2.35. The number of nitrogens with one attached hydrogen (secondary N) is 1. The summed E-state index contributed by atoms with van der Waals surface area (Å²) < 4.78 is 12.7. The van der Waals surface area contributed by atoms with Gasteiger partial charge < -0.3 is 9.47 Å². The molecule has 1 heterocycles. The lowest BCUT2D eigenvalue weighted by atomic mass is 10.1. The Labute approximate surface area is 207 Å². The third-order valence-electron chi connectivity index (χ3n) is 4.41. The lowest BCUT2D eigenvalue weighted by Crippen LogP contribution is -2.54. The Morgan fingerprint density at radius 3 is 2.68 bits per heavy atom. The summed E-state index contributed by atoms with van der Waals surface area (Å²) in [6.07, 6.45) is 3.15. The molecule has 2 aromatic rings. The summed E-state index contributed by atoms with van der Waals surface area (Å²) in [5, 5.41) is 2.64. The number of aryl methyl sites for hydroxylation is 1. The third kappa shape index (κ3) is 4.99. The van der Waals surface area contributed by atoms with E-state index in [0.717, 1.165) is 13.6 Å². The van der Waals surface area contributed by atoms with Crippen LogP contribution >= 0.6 is 50.7 Å². The first-order valence-electron chi connectivity index (χ1n) is 9.05. The molecule has 160 valence electrons. The van der Waals surface area contributed by atoms with Gasteiger partial charge in [-0.05, 0) is 89.3 Å². The molecule has 0 unspecified atom stereocenters. The average Bonchev–Trinajstić information content (AvgIpc) is 2.71. The Balaban J connectivity index is 2.04. The Bertz CT molecular complexity index is 1130. The third-order valence-corrected chi connectivity index (χ3v) is 5.99. The van der Waals surface area contributed by atoms with Gasteiger partial charge in [-0.3, -0.25) is 19.8 Å². The van der Waals surface area contributed by atoms with Gasteiger partial charge in [0.25, 0.3) is 11.8 Å². The molecule has 0 radical (unpaired) electrons. The van der Waals surface area contributed by atoms with Crippen LogP contribution in [0, 0.1) is 10.5 Å². The molecule has 0 aromatic heterocycles. The van der Waals surface area contributed by atoms with Crippen molar-refractivity contribution >= 4 is 79.4 Å². The number of amides is 2. The van der Waals surface area contributed by atoms with Crippen LogP contribution in [0.3, 0.4) is 0 Å². The highest BCUT2D eigenvalue weighted by Gasteiger charge is 2.35. The van der Waals surface area contributed by atoms with E-state index in [-0.39, 0.29) is 10.7 Å². The summed E-state index contributed by atoms with van der Waals surface area (Å²) in [7, 11) is 1.53. The summed E-state index contributed by atoms with van der Waals surface area (Å²) in [5.41, 5.74) is 2.02. The van der Waals surface area contributed by atoms with E-state index in [2.05, 4.69) is 50.4 Å². The van der Waals surface area contributed by atoms with Gasteiger partial charge in [-0.15, -0.1) is 0 Å². The zero-order chi connectivity index (χ0) is 22.7. The molecule has 2 amide bonds. The summed E-state index contributed by atoms with van der Waals surface area (Å²) in [4.78, 5) is 27.2. The van der Waals surface area contributed by atoms with Crippen molar-refractivity contribution in [3.63, 3.8) is 0 Å². The van der Waals surface area contributed by atoms with Crippen LogP contribution in [0.25, 0.3) is 6.08 Å². The number of rotatable bonds is 6. The molecular weight excluding hydrogens is 595 g/mol. The number of halogens is 2. The molecule has 0 bridgehead atoms. The van der Waals surface area contributed by atoms with Crippen LogP contribution in [0.15, 0.2) is 53.0 Å². The smallest absolute Gasteiger partial charge is 0.270 e. The normalized spacial score (nSPS) is 15.2. The predicted octanol–water partition coefficient (Wildman–Crippen LogP) is 4.77. The topological polar surface area (TPSA) is 67.9 Å². The molecule has 6 nitrogen and oxygen atoms in total. The number of carbonyl (C=O) groups is 2. The highest BCUT2D eigenvalue weighted by atomic mass is 127. The summed E-state index contributed by atoms with van der Waals surface area (Å²) >= 11 is 10.8. The summed E-state index contributed by atoms with van der Waals surface area (Å²) in [6.45, 7) is 5.84. The van der Waals surface area contributed by atoms with E-state index in [0.29, 0.717) is 29.4 Å². The predicted molar refractivity (Wildman–Crippen MR) is 136 cm³/mol. The van der Waals surface area contributed by atoms with E-state index >= 15 is 0 Å². The number of benzene rings is 2. The molecule has 1 N–H and O–H groups in total. The van der Waals surface area contributed by atoms with Crippen molar-refractivity contribution in [2.24, 2.45) is 0 Å². The van der Waals surface area contributed by atoms with Crippen molar-refractivity contribution in [2.45, 2.75) is 6.92 Å². The maximum Gasteiger partial charge on any atom is 0.270 e. The van der Waals surface area contributed by atoms with Gasteiger partial charge in [0.05, 0.1) is 16.4 Å². The van der Waals surface area contributed by atoms with E-state index in [1.54, 1.807) is 24.3 Å². The van der Waals surface area contributed by atoms with Crippen LogP contribution in [-0.4, -0.2) is 30.6 Å². The van der Waals surface area contributed by atoms with Crippen molar-refractivity contribution in [3.8, 4) is 11.5 Å². The number of anilines is 1. The Kier molecular flexibility index (Phi) is 7.50. The van der Waals surface area contributed by atoms with Crippen LogP contribution in [0.2, 0.25) is 0 Å². The molecule has 0 atom stereocenters. The second-order valence-electron chi connectivity index (χ2n) is 6.52. The van der Waals surface area contributed by atoms with Gasteiger partial charge in [0.15, 0.2) is 16.6 Å². The molecule has 1 fully saturated rings. The van der Waals surface area contributed by atoms with Crippen LogP contribution in [0.1, 0.15) is 11.1 Å². The van der Waals surface area contributed by atoms with E-state index in [1.165, 1.54) is 18.1 Å². The minimum Gasteiger partial charge on any atom is -0.493 e. The molecule has 31 heavy (non-hydrogen) atoms. The molecule has 0 spiro atoms. The summed E-state index contributed by atoms with van der Waals surface area (Å²) in [6, 6.07) is 8.97. The van der Waals surface area contributed by atoms with Crippen molar-refractivity contribution in [2.75, 3.05) is 18.6 Å². The quantitative estimate of drug-likeness (QED) is 0.167. The fourth-order valence-corrected chi connectivity index (χ4v) is 4.55. The molecule has 9 heteroatoms. The molecule has 0 saturated carbocycles. The second kappa shape index (κ2) is 9.92. The van der Waals surface area contributed by atoms with Crippen molar-refractivity contribution in [1.29, 1.82) is 0 Å². The first-order chi connectivity index (χ1) is 14.8. The Morgan fingerprint density at radius 1 is 1.29 bits per heavy atom. The van der Waals surface area contributed by atoms with Crippen molar-refractivity contribution < 1.29 is 19.1 Å². The largest absolute Gasteiger partial charge is 0.493 e. The average molecular weight is 613 g/mol. The first-order valence-corrected chi connectivity index (χ1v) is 11.3. The minimum atomic E-state index is -0.554. The zero-order valence-corrected chi connectivity index (χ0v) is 21.3. The minimum absolute atomic E-state index is 0.0338. The van der Waals surface area contributed by atoms with E-state index in [4.69, 9.17) is 21.7 Å². The monoisotopic (exact) mass is 612 g/mol. The lowest BCUT2D eigenvalue weighted by Gasteiger charge is -2.30. The van der Waals surface area contributed by atoms with E-state index in [1.807, 2.05) is 19.1 Å². The molecule has 3 rings (SSSR count). The van der Waals surface area contributed by atoms with Gasteiger partial charge in [-0.1, -0.05) is 28.6 Å². The van der Waals surface area contributed by atoms with Gasteiger partial charge in [0, 0.05) is 4.47 Å². The fourth-order valence-electron chi connectivity index (χ4n) is 3.02. The number of methoxy groups -OCH3 is 1. The number of carbonyl (C=O) groups excluding carboxylic acids is 2. The number of thiocarbonyl (C=S) groups is 1. The Morgan fingerprint density at radius 2 is 2.03 bits per heavy atom. The number of ether oxygens (including phenoxy) is 2. The molecular formula is C22H18BrIN2O4S. The number of hydrogen-bond donors (Lipinski definition) is 1. The molecule has 1 aliphatic rings. The second-order valence-corrected chi connectivity index (χ2v) is 8.99. The maximum atomic E-state index is 13.3. The fraction of sp³-hybridized carbons (Fsp3) is 0.136. The maximum absolute atomic E-state index is 13.3. The van der Waals surface area contributed by atoms with Crippen LogP contribution in [0.5, 0.6) is 11.5 Å². The number of nitrogens with zero attached hydrogens (tertiary/aromatic N) is 1. The zero-order valence-electron chi connectivity index (χ0n) is 16.7. The van der Waals surface area contributed by atoms with Crippen LogP contribution < -0.4 is 19.7 Å². The van der Waals surface area contributed by atoms with Crippen LogP contribution in [-0.2, 0) is 9.59 Å². The van der Waals surface area contributed by atoms with Crippen molar-refractivity contribution in [3.05, 3.63) is 67.7 Å². The van der Waals surface area contributed by atoms with Gasteiger partial charge in [0.1, 0.15) is 12.2 Å². The van der Waals surface area contributed by atoms with Gasteiger partial charge in [0.2, 0.25) is 0 Å². The standard InChI is InChI=1S/C22H18BrIN2O4S/c1-4-7-30-19-16(24)10-13(11-18(19)29-3)9-15-20(27)25-22(31)26(21(15)28)17-6-5-14(23)8-12(17)2/h4-6,8-11H,1,7H2,2-3H3,(H,25,27,31)/b15-9-. The highest BCUT2D eigenvalue weighted by molar-refractivity contribution is 14.1. The molecule has 2 aromatic carbocycles. The summed E-state index contributed by atoms with van der Waals surface area (Å²) in [5.74, 6) is 0.000339. The van der Waals surface area contributed by atoms with E-state index < -0.39 is 11.8 Å². The van der Waals surface area contributed by atoms with Gasteiger partial charge in [-0.2, -0.15) is 0 Å². The SMILES string of the molecule is C=CCOc1c(I)cc(/C=C2/C(=O)NC(=S)N(c3ccc(Br)cc3C)C2=O)cc1OC. The Hall–Kier alpha value is -2.24. The van der Waals surface area contributed by atoms with E-state index in [9.17, 15) is 9.59 Å². The molecule has 0 aliphatic carbocycles. The first kappa shape index (κ1) is 23.4. The molecule has 1 aliphatic heterocycles. The molecule has 1 saturated heterocycles. The number of hydrogen-bond acceptors (Lipinski definition) is 5. The van der Waals surface area contributed by atoms with Crippen molar-refractivity contribution in [1.82, 2.24) is 5.32 Å². The van der Waals surface area contributed by atoms with Gasteiger partial charge in [-0.25, -0.2) is 0 Å². The van der Waals surface area contributed by atoms with Gasteiger partial charge >= 0.3 is 0 Å².